The molecule has 1 aromatic rings. The van der Waals surface area contributed by atoms with Gasteiger partial charge in [-0.1, -0.05) is 30.3 Å². The van der Waals surface area contributed by atoms with E-state index in [1.807, 2.05) is 51.1 Å². The summed E-state index contributed by atoms with van der Waals surface area (Å²) in [7, 11) is 0. The first kappa shape index (κ1) is 11.5. The zero-order valence-electron chi connectivity index (χ0n) is 9.36. The molecule has 0 atom stereocenters. The second-order valence-corrected chi connectivity index (χ2v) is 4.25. The van der Waals surface area contributed by atoms with Gasteiger partial charge >= 0.3 is 0 Å². The molecule has 2 heteroatoms. The van der Waals surface area contributed by atoms with E-state index in [1.165, 1.54) is 6.08 Å². The van der Waals surface area contributed by atoms with Gasteiger partial charge in [-0.2, -0.15) is 0 Å². The average molecular weight is 204 g/mol. The Labute approximate surface area is 90.6 Å². The number of allylic oxidation sites excluding steroid dienone is 1. The summed E-state index contributed by atoms with van der Waals surface area (Å²) in [5.41, 5.74) is 0.615. The number of hydrogen-bond donors (Lipinski definition) is 0. The summed E-state index contributed by atoms with van der Waals surface area (Å²) < 4.78 is 5.69. The first-order chi connectivity index (χ1) is 7.03. The summed E-state index contributed by atoms with van der Waals surface area (Å²) in [6, 6.07) is 9.60. The Morgan fingerprint density at radius 3 is 2.27 bits per heavy atom. The molecule has 15 heavy (non-hydrogen) atoms. The minimum Gasteiger partial charge on any atom is -0.487 e. The minimum absolute atomic E-state index is 0.301. The molecule has 0 amide bonds. The van der Waals surface area contributed by atoms with Gasteiger partial charge in [-0.05, 0) is 20.8 Å². The fraction of sp³-hybridized carbons (Fsp3) is 0.308. The van der Waals surface area contributed by atoms with E-state index < -0.39 is 0 Å². The van der Waals surface area contributed by atoms with Gasteiger partial charge in [0.1, 0.15) is 17.6 Å². The van der Waals surface area contributed by atoms with Crippen LogP contribution in [0.2, 0.25) is 0 Å². The summed E-state index contributed by atoms with van der Waals surface area (Å²) in [6.07, 6.45) is 2.19. The van der Waals surface area contributed by atoms with Crippen LogP contribution in [-0.4, -0.2) is 11.9 Å². The van der Waals surface area contributed by atoms with Crippen LogP contribution in [-0.2, 0) is 9.53 Å². The number of rotatable bonds is 3. The van der Waals surface area contributed by atoms with Gasteiger partial charge in [0.05, 0.1) is 0 Å². The number of aldehydes is 1. The fourth-order valence-corrected chi connectivity index (χ4v) is 1.18. The summed E-state index contributed by atoms with van der Waals surface area (Å²) >= 11 is 0. The number of hydrogen-bond acceptors (Lipinski definition) is 2. The molecule has 0 saturated carbocycles. The van der Waals surface area contributed by atoms with Gasteiger partial charge in [-0.25, -0.2) is 0 Å². The minimum atomic E-state index is -0.301. The van der Waals surface area contributed by atoms with E-state index in [-0.39, 0.29) is 5.60 Å². The van der Waals surface area contributed by atoms with Crippen molar-refractivity contribution in [2.24, 2.45) is 0 Å². The molecule has 0 aliphatic carbocycles. The first-order valence-electron chi connectivity index (χ1n) is 4.93. The lowest BCUT2D eigenvalue weighted by Crippen LogP contribution is -2.18. The lowest BCUT2D eigenvalue weighted by molar-refractivity contribution is -0.104. The van der Waals surface area contributed by atoms with E-state index in [0.717, 1.165) is 11.8 Å². The van der Waals surface area contributed by atoms with Gasteiger partial charge in [0.25, 0.3) is 0 Å². The van der Waals surface area contributed by atoms with Crippen LogP contribution in [0.1, 0.15) is 26.3 Å². The largest absolute Gasteiger partial charge is 0.487 e. The molecule has 1 aromatic carbocycles. The smallest absolute Gasteiger partial charge is 0.146 e. The maximum Gasteiger partial charge on any atom is 0.146 e. The standard InChI is InChI=1S/C13H16O2/c1-13(2,3)15-12(9-10-14)11-7-5-4-6-8-11/h4-10H,1-3H3. The van der Waals surface area contributed by atoms with E-state index >= 15 is 0 Å². The van der Waals surface area contributed by atoms with Crippen molar-refractivity contribution in [1.82, 2.24) is 0 Å². The molecule has 0 fully saturated rings. The Kier molecular flexibility index (Phi) is 3.67. The van der Waals surface area contributed by atoms with Crippen molar-refractivity contribution in [3.63, 3.8) is 0 Å². The Morgan fingerprint density at radius 2 is 1.80 bits per heavy atom. The summed E-state index contributed by atoms with van der Waals surface area (Å²) in [6.45, 7) is 5.86. The third-order valence-electron chi connectivity index (χ3n) is 1.69. The van der Waals surface area contributed by atoms with E-state index in [4.69, 9.17) is 4.74 Å². The summed E-state index contributed by atoms with van der Waals surface area (Å²) in [5, 5.41) is 0. The number of ether oxygens (including phenoxy) is 1. The van der Waals surface area contributed by atoms with Crippen molar-refractivity contribution < 1.29 is 9.53 Å². The van der Waals surface area contributed by atoms with Crippen LogP contribution < -0.4 is 0 Å². The van der Waals surface area contributed by atoms with E-state index in [2.05, 4.69) is 0 Å². The lowest BCUT2D eigenvalue weighted by atomic mass is 10.1. The second kappa shape index (κ2) is 4.78. The van der Waals surface area contributed by atoms with Crippen LogP contribution in [0.3, 0.4) is 0 Å². The van der Waals surface area contributed by atoms with Crippen LogP contribution in [0.25, 0.3) is 5.76 Å². The highest BCUT2D eigenvalue weighted by Crippen LogP contribution is 2.21. The number of benzene rings is 1. The molecule has 0 heterocycles. The molecule has 80 valence electrons. The Morgan fingerprint density at radius 1 is 1.20 bits per heavy atom. The molecule has 2 nitrogen and oxygen atoms in total. The van der Waals surface area contributed by atoms with Crippen molar-refractivity contribution in [1.29, 1.82) is 0 Å². The highest BCUT2D eigenvalue weighted by molar-refractivity contribution is 5.78. The topological polar surface area (TPSA) is 26.3 Å². The second-order valence-electron chi connectivity index (χ2n) is 4.25. The summed E-state index contributed by atoms with van der Waals surface area (Å²) in [4.78, 5) is 10.5. The summed E-state index contributed by atoms with van der Waals surface area (Å²) in [5.74, 6) is 0.609. The predicted octanol–water partition coefficient (Wildman–Crippen LogP) is 3.04. The lowest BCUT2D eigenvalue weighted by Gasteiger charge is -2.23. The van der Waals surface area contributed by atoms with Gasteiger partial charge in [0.2, 0.25) is 0 Å². The first-order valence-corrected chi connectivity index (χ1v) is 4.93. The maximum absolute atomic E-state index is 10.5. The molecule has 0 aliphatic rings. The Balaban J connectivity index is 2.95. The van der Waals surface area contributed by atoms with Gasteiger partial charge in [-0.15, -0.1) is 0 Å². The molecule has 0 saturated heterocycles. The molecule has 1 rings (SSSR count). The normalized spacial score (nSPS) is 12.3. The molecule has 0 bridgehead atoms. The molecule has 0 aliphatic heterocycles. The van der Waals surface area contributed by atoms with Crippen molar-refractivity contribution in [3.05, 3.63) is 42.0 Å². The van der Waals surface area contributed by atoms with Gasteiger partial charge in [0, 0.05) is 11.6 Å². The Hall–Kier alpha value is -1.57. The van der Waals surface area contributed by atoms with E-state index in [9.17, 15) is 4.79 Å². The van der Waals surface area contributed by atoms with E-state index in [0.29, 0.717) is 5.76 Å². The van der Waals surface area contributed by atoms with Crippen molar-refractivity contribution in [3.8, 4) is 0 Å². The molecular weight excluding hydrogens is 188 g/mol. The van der Waals surface area contributed by atoms with Crippen LogP contribution >= 0.6 is 0 Å². The molecule has 0 unspecified atom stereocenters. The van der Waals surface area contributed by atoms with Crippen LogP contribution in [0.15, 0.2) is 36.4 Å². The molecule has 0 aromatic heterocycles. The quantitative estimate of drug-likeness (QED) is 0.429. The highest BCUT2D eigenvalue weighted by atomic mass is 16.5. The van der Waals surface area contributed by atoms with Crippen LogP contribution in [0, 0.1) is 0 Å². The van der Waals surface area contributed by atoms with Crippen molar-refractivity contribution >= 4 is 12.0 Å². The monoisotopic (exact) mass is 204 g/mol. The van der Waals surface area contributed by atoms with Crippen molar-refractivity contribution in [2.75, 3.05) is 0 Å². The van der Waals surface area contributed by atoms with Gasteiger partial charge in [-0.3, -0.25) is 4.79 Å². The predicted molar refractivity (Wildman–Crippen MR) is 61.3 cm³/mol. The van der Waals surface area contributed by atoms with Gasteiger partial charge < -0.3 is 4.74 Å². The van der Waals surface area contributed by atoms with Crippen LogP contribution in [0.4, 0.5) is 0 Å². The zero-order valence-corrected chi connectivity index (χ0v) is 9.36. The average Bonchev–Trinajstić information content (AvgIpc) is 2.17. The fourth-order valence-electron chi connectivity index (χ4n) is 1.18. The maximum atomic E-state index is 10.5. The van der Waals surface area contributed by atoms with E-state index in [1.54, 1.807) is 0 Å². The third kappa shape index (κ3) is 3.98. The van der Waals surface area contributed by atoms with Crippen molar-refractivity contribution in [2.45, 2.75) is 26.4 Å². The molecule has 0 radical (unpaired) electrons. The number of carbonyl (C=O) groups excluding carboxylic acids is 1. The molecule has 0 spiro atoms. The Bertz CT molecular complexity index is 345. The highest BCUT2D eigenvalue weighted by Gasteiger charge is 2.14. The molecule has 0 N–H and O–H groups in total. The third-order valence-corrected chi connectivity index (χ3v) is 1.69. The van der Waals surface area contributed by atoms with Gasteiger partial charge in [0.15, 0.2) is 0 Å². The van der Waals surface area contributed by atoms with Crippen LogP contribution in [0.5, 0.6) is 0 Å². The zero-order chi connectivity index (χ0) is 11.3. The SMILES string of the molecule is CC(C)(C)OC(=CC=O)c1ccccc1. The molecular formula is C13H16O2. The number of carbonyl (C=O) groups is 1.